The fourth-order valence-electron chi connectivity index (χ4n) is 3.04. The van der Waals surface area contributed by atoms with E-state index in [0.29, 0.717) is 11.2 Å². The van der Waals surface area contributed by atoms with E-state index in [-0.39, 0.29) is 5.54 Å². The second-order valence-corrected chi connectivity index (χ2v) is 5.96. The van der Waals surface area contributed by atoms with Gasteiger partial charge in [-0.1, -0.05) is 0 Å². The Hall–Kier alpha value is -1.82. The lowest BCUT2D eigenvalue weighted by molar-refractivity contribution is 0.0683. The van der Waals surface area contributed by atoms with E-state index in [0.717, 1.165) is 17.7 Å². The van der Waals surface area contributed by atoms with Gasteiger partial charge < -0.3 is 15.5 Å². The van der Waals surface area contributed by atoms with E-state index in [1.165, 1.54) is 19.3 Å². The summed E-state index contributed by atoms with van der Waals surface area (Å²) in [6.07, 6.45) is 3.77. The van der Waals surface area contributed by atoms with Crippen molar-refractivity contribution in [1.82, 2.24) is 15.2 Å². The summed E-state index contributed by atoms with van der Waals surface area (Å²) in [5.74, 6) is 0. The number of hydrogen-bond acceptors (Lipinski definition) is 6. The largest absolute Gasteiger partial charge is 0.397 e. The number of rotatable bonds is 4. The minimum atomic E-state index is 0.264. The van der Waals surface area contributed by atoms with Gasteiger partial charge in [0.2, 0.25) is 0 Å². The maximum Gasteiger partial charge on any atom is 0.160 e. The first-order valence-corrected chi connectivity index (χ1v) is 6.93. The lowest BCUT2D eigenvalue weighted by atomic mass is 9.75. The summed E-state index contributed by atoms with van der Waals surface area (Å²) >= 11 is 0. The van der Waals surface area contributed by atoms with E-state index in [1.54, 1.807) is 0 Å². The van der Waals surface area contributed by atoms with Gasteiger partial charge in [-0.25, -0.2) is 4.63 Å². The molecule has 1 heterocycles. The molecule has 3 rings (SSSR count). The Morgan fingerprint density at radius 3 is 2.50 bits per heavy atom. The summed E-state index contributed by atoms with van der Waals surface area (Å²) in [6, 6.07) is 3.85. The molecule has 0 unspecified atom stereocenters. The van der Waals surface area contributed by atoms with E-state index < -0.39 is 0 Å². The molecule has 0 saturated heterocycles. The lowest BCUT2D eigenvalue weighted by Crippen LogP contribution is -2.56. The van der Waals surface area contributed by atoms with Crippen LogP contribution < -0.4 is 10.6 Å². The zero-order chi connectivity index (χ0) is 14.3. The summed E-state index contributed by atoms with van der Waals surface area (Å²) in [6.45, 7) is 0.964. The number of benzene rings is 1. The normalized spacial score (nSPS) is 17.4. The molecule has 2 aromatic rings. The number of hydrogen-bond donors (Lipinski definition) is 1. The number of fused-ring (bicyclic) bond motifs is 1. The highest BCUT2D eigenvalue weighted by Gasteiger charge is 2.40. The van der Waals surface area contributed by atoms with Gasteiger partial charge in [-0.3, -0.25) is 0 Å². The summed E-state index contributed by atoms with van der Waals surface area (Å²) in [5.41, 5.74) is 9.15. The van der Waals surface area contributed by atoms with Crippen molar-refractivity contribution in [2.24, 2.45) is 0 Å². The molecule has 1 fully saturated rings. The average molecular weight is 275 g/mol. The highest BCUT2D eigenvalue weighted by atomic mass is 16.6. The summed E-state index contributed by atoms with van der Waals surface area (Å²) in [5, 5.41) is 7.88. The van der Waals surface area contributed by atoms with Crippen molar-refractivity contribution < 1.29 is 4.63 Å². The third-order valence-corrected chi connectivity index (χ3v) is 4.60. The van der Waals surface area contributed by atoms with Crippen LogP contribution in [0.2, 0.25) is 0 Å². The van der Waals surface area contributed by atoms with Crippen LogP contribution in [-0.2, 0) is 0 Å². The van der Waals surface area contributed by atoms with Gasteiger partial charge in [0.25, 0.3) is 0 Å². The second-order valence-electron chi connectivity index (χ2n) is 5.96. The third kappa shape index (κ3) is 1.91. The number of aromatic nitrogens is 2. The first-order chi connectivity index (χ1) is 9.53. The average Bonchev–Trinajstić information content (AvgIpc) is 2.83. The van der Waals surface area contributed by atoms with E-state index >= 15 is 0 Å². The topological polar surface area (TPSA) is 71.4 Å². The van der Waals surface area contributed by atoms with Crippen molar-refractivity contribution in [2.45, 2.75) is 24.8 Å². The molecule has 1 aliphatic rings. The minimum Gasteiger partial charge on any atom is -0.397 e. The number of nitrogens with two attached hydrogens (primary N) is 1. The monoisotopic (exact) mass is 275 g/mol. The quantitative estimate of drug-likeness (QED) is 0.857. The molecular weight excluding hydrogens is 254 g/mol. The standard InChI is InChI=1S/C14H21N5O/c1-18(2)14(7-4-8-14)9-19(3)11-6-5-10(15)12-13(11)17-20-16-12/h5-6H,4,7-9,15H2,1-3H3. The van der Waals surface area contributed by atoms with Crippen LogP contribution >= 0.6 is 0 Å². The Labute approximate surface area is 118 Å². The molecule has 6 heteroatoms. The zero-order valence-electron chi connectivity index (χ0n) is 12.3. The van der Waals surface area contributed by atoms with Crippen molar-refractivity contribution >= 4 is 22.4 Å². The molecule has 20 heavy (non-hydrogen) atoms. The van der Waals surface area contributed by atoms with Gasteiger partial charge in [-0.2, -0.15) is 0 Å². The second kappa shape index (κ2) is 4.63. The maximum atomic E-state index is 5.89. The van der Waals surface area contributed by atoms with Crippen LogP contribution in [0, 0.1) is 0 Å². The first-order valence-electron chi connectivity index (χ1n) is 6.93. The minimum absolute atomic E-state index is 0.264. The van der Waals surface area contributed by atoms with Crippen LogP contribution in [0.25, 0.3) is 11.0 Å². The number of likely N-dealkylation sites (N-methyl/N-ethyl adjacent to an activating group) is 2. The Morgan fingerprint density at radius 1 is 1.20 bits per heavy atom. The zero-order valence-corrected chi connectivity index (χ0v) is 12.3. The SMILES string of the molecule is CN(CC1(N(C)C)CCC1)c1ccc(N)c2nonc12. The molecule has 1 aromatic carbocycles. The van der Waals surface area contributed by atoms with Crippen molar-refractivity contribution in [3.05, 3.63) is 12.1 Å². The fraction of sp³-hybridized carbons (Fsp3) is 0.571. The van der Waals surface area contributed by atoms with Crippen molar-refractivity contribution in [1.29, 1.82) is 0 Å². The van der Waals surface area contributed by atoms with E-state index in [9.17, 15) is 0 Å². The molecule has 1 aromatic heterocycles. The molecule has 108 valence electrons. The van der Waals surface area contributed by atoms with Crippen LogP contribution in [0.1, 0.15) is 19.3 Å². The van der Waals surface area contributed by atoms with Crippen molar-refractivity contribution in [3.63, 3.8) is 0 Å². The Morgan fingerprint density at radius 2 is 1.90 bits per heavy atom. The van der Waals surface area contributed by atoms with Crippen LogP contribution in [0.3, 0.4) is 0 Å². The van der Waals surface area contributed by atoms with Gasteiger partial charge >= 0.3 is 0 Å². The number of nitrogen functional groups attached to an aromatic ring is 1. The van der Waals surface area contributed by atoms with Crippen LogP contribution in [0.15, 0.2) is 16.8 Å². The number of anilines is 2. The van der Waals surface area contributed by atoms with Crippen LogP contribution in [0.4, 0.5) is 11.4 Å². The predicted octanol–water partition coefficient (Wildman–Crippen LogP) is 1.73. The summed E-state index contributed by atoms with van der Waals surface area (Å²) in [4.78, 5) is 4.56. The van der Waals surface area contributed by atoms with Crippen LogP contribution in [0.5, 0.6) is 0 Å². The van der Waals surface area contributed by atoms with Gasteiger partial charge in [0.15, 0.2) is 11.0 Å². The molecule has 0 aliphatic heterocycles. The van der Waals surface area contributed by atoms with Gasteiger partial charge in [0.1, 0.15) is 0 Å². The molecule has 0 spiro atoms. The molecular formula is C14H21N5O. The molecule has 0 amide bonds. The highest BCUT2D eigenvalue weighted by molar-refractivity contribution is 5.95. The molecule has 2 N–H and O–H groups in total. The van der Waals surface area contributed by atoms with E-state index in [4.69, 9.17) is 10.4 Å². The Balaban J connectivity index is 1.91. The molecule has 0 bridgehead atoms. The van der Waals surface area contributed by atoms with Gasteiger partial charge in [0.05, 0.1) is 11.4 Å². The predicted molar refractivity (Wildman–Crippen MR) is 79.8 cm³/mol. The van der Waals surface area contributed by atoms with Gasteiger partial charge in [0, 0.05) is 19.1 Å². The highest BCUT2D eigenvalue weighted by Crippen LogP contribution is 2.38. The van der Waals surface area contributed by atoms with E-state index in [1.807, 2.05) is 12.1 Å². The first kappa shape index (κ1) is 13.2. The smallest absolute Gasteiger partial charge is 0.160 e. The third-order valence-electron chi connectivity index (χ3n) is 4.60. The van der Waals surface area contributed by atoms with E-state index in [2.05, 4.69) is 41.3 Å². The molecule has 1 aliphatic carbocycles. The van der Waals surface area contributed by atoms with Gasteiger partial charge in [-0.05, 0) is 55.8 Å². The molecule has 0 radical (unpaired) electrons. The maximum absolute atomic E-state index is 5.89. The summed E-state index contributed by atoms with van der Waals surface area (Å²) in [7, 11) is 6.40. The van der Waals surface area contributed by atoms with Crippen molar-refractivity contribution in [2.75, 3.05) is 38.3 Å². The Bertz CT molecular complexity index is 617. The molecule has 0 atom stereocenters. The Kier molecular flexibility index (Phi) is 3.05. The fourth-order valence-corrected chi connectivity index (χ4v) is 3.04. The van der Waals surface area contributed by atoms with Gasteiger partial charge in [-0.15, -0.1) is 0 Å². The molecule has 6 nitrogen and oxygen atoms in total. The molecule has 1 saturated carbocycles. The summed E-state index contributed by atoms with van der Waals surface area (Å²) < 4.78 is 4.84. The van der Waals surface area contributed by atoms with Crippen LogP contribution in [-0.4, -0.2) is 48.4 Å². The van der Waals surface area contributed by atoms with Crippen molar-refractivity contribution in [3.8, 4) is 0 Å². The number of nitrogens with zero attached hydrogens (tertiary/aromatic N) is 4. The lowest BCUT2D eigenvalue weighted by Gasteiger charge is -2.49.